The predicted molar refractivity (Wildman–Crippen MR) is 162 cm³/mol. The fraction of sp³-hybridized carbons (Fsp3) is 0.250. The Kier molecular flexibility index (Phi) is 9.17. The van der Waals surface area contributed by atoms with E-state index in [0.717, 1.165) is 66.0 Å². The normalized spacial score (nSPS) is 11.1. The summed E-state index contributed by atoms with van der Waals surface area (Å²) in [4.78, 5) is 0. The standard InChI is InChI=1S/C32H36O5Si2/c1-21-25(33-5)13-9-17-29(21)38(30-18-10-14-26(34-6)22(30)2)37-39(31-19-11-15-27(35-7)23(31)3)32-20-12-16-28(36-8)24(32)4/h9-20H,1-8H3. The molecule has 4 aromatic carbocycles. The number of hydrogen-bond donors (Lipinski definition) is 0. The maximum atomic E-state index is 7.50. The van der Waals surface area contributed by atoms with E-state index in [1.165, 1.54) is 0 Å². The minimum absolute atomic E-state index is 0.850. The Labute approximate surface area is 235 Å². The Balaban J connectivity index is 2.00. The molecular weight excluding hydrogens is 521 g/mol. The van der Waals surface area contributed by atoms with E-state index in [1.807, 2.05) is 48.5 Å². The molecule has 0 saturated carbocycles. The molecule has 0 bridgehead atoms. The van der Waals surface area contributed by atoms with Crippen LogP contribution in [0.25, 0.3) is 0 Å². The van der Waals surface area contributed by atoms with E-state index in [2.05, 4.69) is 52.0 Å². The number of rotatable bonds is 10. The van der Waals surface area contributed by atoms with Gasteiger partial charge in [0, 0.05) is 0 Å². The first kappa shape index (κ1) is 28.5. The Hall–Kier alpha value is -3.53. The van der Waals surface area contributed by atoms with E-state index < -0.39 is 18.1 Å². The molecule has 0 aliphatic heterocycles. The molecule has 0 fully saturated rings. The average Bonchev–Trinajstić information content (AvgIpc) is 2.95. The second kappa shape index (κ2) is 12.6. The van der Waals surface area contributed by atoms with Gasteiger partial charge in [0.1, 0.15) is 23.0 Å². The molecule has 7 heteroatoms. The van der Waals surface area contributed by atoms with E-state index in [-0.39, 0.29) is 0 Å². The summed E-state index contributed by atoms with van der Waals surface area (Å²) in [5.41, 5.74) is 4.34. The van der Waals surface area contributed by atoms with E-state index in [0.29, 0.717) is 0 Å². The third kappa shape index (κ3) is 5.61. The van der Waals surface area contributed by atoms with Gasteiger partial charge in [-0.15, -0.1) is 0 Å². The zero-order valence-corrected chi connectivity index (χ0v) is 26.0. The van der Waals surface area contributed by atoms with Gasteiger partial charge < -0.3 is 23.1 Å². The zero-order valence-electron chi connectivity index (χ0n) is 24.0. The van der Waals surface area contributed by atoms with Crippen molar-refractivity contribution in [2.75, 3.05) is 28.4 Å². The monoisotopic (exact) mass is 556 g/mol. The molecule has 0 atom stereocenters. The number of methoxy groups -OCH3 is 4. The van der Waals surface area contributed by atoms with Gasteiger partial charge in [0.25, 0.3) is 18.1 Å². The van der Waals surface area contributed by atoms with E-state index >= 15 is 0 Å². The second-order valence-electron chi connectivity index (χ2n) is 9.29. The highest BCUT2D eigenvalue weighted by Crippen LogP contribution is 2.22. The van der Waals surface area contributed by atoms with Crippen LogP contribution in [-0.4, -0.2) is 46.5 Å². The molecule has 0 aromatic heterocycles. The summed E-state index contributed by atoms with van der Waals surface area (Å²) in [5, 5.41) is 4.61. The van der Waals surface area contributed by atoms with Crippen LogP contribution < -0.4 is 39.7 Å². The van der Waals surface area contributed by atoms with Crippen LogP contribution >= 0.6 is 0 Å². The van der Waals surface area contributed by atoms with Gasteiger partial charge in [0.15, 0.2) is 0 Å². The minimum Gasteiger partial charge on any atom is -0.496 e. The van der Waals surface area contributed by atoms with Crippen molar-refractivity contribution in [3.63, 3.8) is 0 Å². The van der Waals surface area contributed by atoms with Crippen molar-refractivity contribution in [3.05, 3.63) is 95.1 Å². The van der Waals surface area contributed by atoms with Gasteiger partial charge >= 0.3 is 0 Å². The summed E-state index contributed by atoms with van der Waals surface area (Å²) < 4.78 is 30.4. The Morgan fingerprint density at radius 3 is 0.821 bits per heavy atom. The van der Waals surface area contributed by atoms with Gasteiger partial charge in [-0.25, -0.2) is 0 Å². The SMILES string of the molecule is COc1cccc([Si](O[Si](c2cccc(OC)c2C)c2cccc(OC)c2C)c2cccc(OC)c2C)c1C. The molecule has 202 valence electrons. The molecule has 0 aliphatic carbocycles. The lowest BCUT2D eigenvalue weighted by atomic mass is 10.2. The first-order valence-electron chi connectivity index (χ1n) is 12.8. The fourth-order valence-electron chi connectivity index (χ4n) is 4.94. The highest BCUT2D eigenvalue weighted by molar-refractivity contribution is 6.92. The highest BCUT2D eigenvalue weighted by Gasteiger charge is 2.33. The van der Waals surface area contributed by atoms with Crippen molar-refractivity contribution < 1.29 is 23.1 Å². The molecule has 5 nitrogen and oxygen atoms in total. The number of hydrogen-bond acceptors (Lipinski definition) is 5. The quantitative estimate of drug-likeness (QED) is 0.278. The molecule has 0 saturated heterocycles. The summed E-state index contributed by atoms with van der Waals surface area (Å²) in [6, 6.07) is 24.9. The Morgan fingerprint density at radius 1 is 0.385 bits per heavy atom. The molecule has 0 amide bonds. The summed E-state index contributed by atoms with van der Waals surface area (Å²) in [6.07, 6.45) is 0. The largest absolute Gasteiger partial charge is 0.496 e. The number of ether oxygens (including phenoxy) is 4. The van der Waals surface area contributed by atoms with Crippen molar-refractivity contribution in [3.8, 4) is 23.0 Å². The fourth-order valence-corrected chi connectivity index (χ4v) is 10.9. The molecule has 0 aliphatic rings. The van der Waals surface area contributed by atoms with Crippen molar-refractivity contribution in [1.82, 2.24) is 0 Å². The molecule has 39 heavy (non-hydrogen) atoms. The highest BCUT2D eigenvalue weighted by atomic mass is 28.4. The zero-order chi connectivity index (χ0) is 28.1. The van der Waals surface area contributed by atoms with Crippen LogP contribution in [0.4, 0.5) is 0 Å². The predicted octanol–water partition coefficient (Wildman–Crippen LogP) is 3.88. The molecule has 0 spiro atoms. The van der Waals surface area contributed by atoms with Gasteiger partial charge in [-0.05, 0) is 95.0 Å². The topological polar surface area (TPSA) is 46.2 Å². The molecule has 0 heterocycles. The van der Waals surface area contributed by atoms with Crippen molar-refractivity contribution in [2.45, 2.75) is 27.7 Å². The van der Waals surface area contributed by atoms with Crippen LogP contribution in [0.1, 0.15) is 22.3 Å². The van der Waals surface area contributed by atoms with Crippen LogP contribution in [0.15, 0.2) is 72.8 Å². The maximum absolute atomic E-state index is 7.50. The summed E-state index contributed by atoms with van der Waals surface area (Å²) >= 11 is 0. The van der Waals surface area contributed by atoms with Crippen LogP contribution in [0, 0.1) is 27.7 Å². The number of benzene rings is 4. The van der Waals surface area contributed by atoms with Crippen LogP contribution in [-0.2, 0) is 4.12 Å². The maximum Gasteiger partial charge on any atom is 0.273 e. The van der Waals surface area contributed by atoms with Crippen LogP contribution in [0.3, 0.4) is 0 Å². The second-order valence-corrected chi connectivity index (χ2v) is 13.6. The molecule has 0 unspecified atom stereocenters. The third-order valence-electron chi connectivity index (χ3n) is 7.20. The molecule has 4 rings (SSSR count). The van der Waals surface area contributed by atoms with Crippen LogP contribution in [0.2, 0.25) is 0 Å². The molecular formula is C32H36O5Si2. The molecule has 2 radical (unpaired) electrons. The smallest absolute Gasteiger partial charge is 0.273 e. The minimum atomic E-state index is -1.78. The van der Waals surface area contributed by atoms with E-state index in [9.17, 15) is 0 Å². The Bertz CT molecular complexity index is 1240. The summed E-state index contributed by atoms with van der Waals surface area (Å²) in [6.45, 7) is 8.44. The first-order chi connectivity index (χ1) is 18.9. The van der Waals surface area contributed by atoms with Gasteiger partial charge in [0.05, 0.1) is 28.4 Å². The van der Waals surface area contributed by atoms with Crippen molar-refractivity contribution in [2.24, 2.45) is 0 Å². The van der Waals surface area contributed by atoms with Crippen molar-refractivity contribution >= 4 is 38.8 Å². The van der Waals surface area contributed by atoms with Crippen molar-refractivity contribution in [1.29, 1.82) is 0 Å². The lowest BCUT2D eigenvalue weighted by Gasteiger charge is -2.28. The third-order valence-corrected chi connectivity index (χ3v) is 13.0. The van der Waals surface area contributed by atoms with Crippen LogP contribution in [0.5, 0.6) is 23.0 Å². The lowest BCUT2D eigenvalue weighted by molar-refractivity contribution is 0.412. The lowest BCUT2D eigenvalue weighted by Crippen LogP contribution is -2.58. The van der Waals surface area contributed by atoms with Gasteiger partial charge in [-0.1, -0.05) is 48.5 Å². The molecule has 4 aromatic rings. The average molecular weight is 557 g/mol. The van der Waals surface area contributed by atoms with Gasteiger partial charge in [-0.2, -0.15) is 0 Å². The molecule has 0 N–H and O–H groups in total. The van der Waals surface area contributed by atoms with E-state index in [4.69, 9.17) is 23.1 Å². The summed E-state index contributed by atoms with van der Waals surface area (Å²) in [7, 11) is 3.28. The van der Waals surface area contributed by atoms with Gasteiger partial charge in [0.2, 0.25) is 0 Å². The summed E-state index contributed by atoms with van der Waals surface area (Å²) in [5.74, 6) is 3.40. The Morgan fingerprint density at radius 2 is 0.615 bits per heavy atom. The van der Waals surface area contributed by atoms with E-state index in [1.54, 1.807) is 28.4 Å². The first-order valence-corrected chi connectivity index (χ1v) is 15.7. The van der Waals surface area contributed by atoms with Gasteiger partial charge in [-0.3, -0.25) is 0 Å².